The van der Waals surface area contributed by atoms with E-state index < -0.39 is 6.17 Å². The smallest absolute Gasteiger partial charge is 0.251 e. The molecule has 2 aliphatic rings. The van der Waals surface area contributed by atoms with Crippen LogP contribution in [-0.2, 0) is 9.53 Å². The van der Waals surface area contributed by atoms with Gasteiger partial charge >= 0.3 is 0 Å². The molecule has 2 aromatic heterocycles. The van der Waals surface area contributed by atoms with Crippen molar-refractivity contribution >= 4 is 18.1 Å². The Labute approximate surface area is 242 Å². The average Bonchev–Trinajstić information content (AvgIpc) is 3.83. The van der Waals surface area contributed by atoms with E-state index in [1.54, 1.807) is 18.3 Å². The number of nitrogens with zero attached hydrogens (tertiary/aromatic N) is 3. The van der Waals surface area contributed by atoms with E-state index in [0.717, 1.165) is 70.9 Å². The highest BCUT2D eigenvalue weighted by atomic mass is 19.1. The van der Waals surface area contributed by atoms with E-state index in [2.05, 4.69) is 30.2 Å². The number of aromatic nitrogens is 3. The summed E-state index contributed by atoms with van der Waals surface area (Å²) < 4.78 is 19.9. The van der Waals surface area contributed by atoms with Gasteiger partial charge in [-0.3, -0.25) is 9.78 Å². The fourth-order valence-corrected chi connectivity index (χ4v) is 4.68. The number of pyridine rings is 1. The van der Waals surface area contributed by atoms with Crippen LogP contribution in [0, 0.1) is 0 Å². The zero-order valence-corrected chi connectivity index (χ0v) is 24.6. The summed E-state index contributed by atoms with van der Waals surface area (Å²) in [6.07, 6.45) is 18.8. The number of carbonyl (C=O) groups is 1. The Bertz CT molecular complexity index is 1480. The second kappa shape index (κ2) is 14.8. The maximum atomic E-state index is 14.6. The molecule has 1 atom stereocenters. The van der Waals surface area contributed by atoms with E-state index in [-0.39, 0.29) is 12.5 Å². The van der Waals surface area contributed by atoms with Crippen LogP contribution in [0.4, 0.5) is 4.39 Å². The van der Waals surface area contributed by atoms with Crippen molar-refractivity contribution in [3.8, 4) is 11.4 Å². The van der Waals surface area contributed by atoms with Gasteiger partial charge in [-0.2, -0.15) is 0 Å². The fraction of sp³-hybridized carbons (Fsp3) is 0.412. The summed E-state index contributed by atoms with van der Waals surface area (Å²) in [6.45, 7) is 8.67. The van der Waals surface area contributed by atoms with Crippen molar-refractivity contribution in [1.29, 1.82) is 0 Å². The summed E-state index contributed by atoms with van der Waals surface area (Å²) in [5.74, 6) is 0.264. The number of alkyl halides is 1. The number of amides is 1. The highest BCUT2D eigenvalue weighted by Crippen LogP contribution is 2.39. The Morgan fingerprint density at radius 1 is 1.17 bits per heavy atom. The van der Waals surface area contributed by atoms with Gasteiger partial charge in [0.2, 0.25) is 0 Å². The number of nitrogens with one attached hydrogen (secondary N) is 1. The quantitative estimate of drug-likeness (QED) is 0.296. The summed E-state index contributed by atoms with van der Waals surface area (Å²) in [4.78, 5) is 27.5. The lowest BCUT2D eigenvalue weighted by molar-refractivity contribution is -0.117. The van der Waals surface area contributed by atoms with Crippen LogP contribution in [0.15, 0.2) is 71.1 Å². The molecule has 216 valence electrons. The van der Waals surface area contributed by atoms with Crippen molar-refractivity contribution in [1.82, 2.24) is 20.3 Å². The topological polar surface area (TPSA) is 77.0 Å². The molecular weight excluding hydrogens is 515 g/mol. The van der Waals surface area contributed by atoms with Crippen LogP contribution in [0.5, 0.6) is 0 Å². The molecule has 0 spiro atoms. The van der Waals surface area contributed by atoms with E-state index in [9.17, 15) is 9.18 Å². The fourth-order valence-electron chi connectivity index (χ4n) is 4.68. The zero-order valence-electron chi connectivity index (χ0n) is 24.6. The van der Waals surface area contributed by atoms with Gasteiger partial charge in [0.15, 0.2) is 0 Å². The average molecular weight is 557 g/mol. The normalized spacial score (nSPS) is 19.4. The predicted molar refractivity (Wildman–Crippen MR) is 163 cm³/mol. The first-order valence-electron chi connectivity index (χ1n) is 14.7. The van der Waals surface area contributed by atoms with Crippen molar-refractivity contribution in [2.75, 3.05) is 19.8 Å². The van der Waals surface area contributed by atoms with E-state index in [1.165, 1.54) is 0 Å². The minimum absolute atomic E-state index is 0.00833. The molecule has 1 saturated carbocycles. The Morgan fingerprint density at radius 2 is 2.00 bits per heavy atom. The second-order valence-corrected chi connectivity index (χ2v) is 10.6. The standard InChI is InChI=1S/C34H41FN4O2/c1-5-8-9-11-27(17-28-23(4)21-41-22-29(28)35)34(40)37-18-24(10-6-2)16-31-25(7-3)14-15-30(38-31)33-20-36-19-32(39-33)26-12-13-26/h7,9-11,14-17,19-20,26,29H,5-6,8,12-13,18,21-22H2,1-4H3,(H,37,40)/b11-9+,24-10-,25-7-,27-17?,31-16+. The van der Waals surface area contributed by atoms with E-state index in [0.29, 0.717) is 30.2 Å². The lowest BCUT2D eigenvalue weighted by Crippen LogP contribution is -2.31. The molecule has 0 aromatic carbocycles. The molecule has 3 heterocycles. The largest absolute Gasteiger partial charge is 0.374 e. The first-order valence-corrected chi connectivity index (χ1v) is 14.7. The molecule has 7 heteroatoms. The number of allylic oxidation sites excluding steroid dienone is 3. The van der Waals surface area contributed by atoms with Gasteiger partial charge in [0, 0.05) is 24.2 Å². The number of unbranched alkanes of at least 4 members (excludes halogenated alkanes) is 1. The Balaban J connectivity index is 1.60. The maximum absolute atomic E-state index is 14.6. The van der Waals surface area contributed by atoms with E-state index in [4.69, 9.17) is 14.7 Å². The third-order valence-corrected chi connectivity index (χ3v) is 7.16. The maximum Gasteiger partial charge on any atom is 0.251 e. The highest BCUT2D eigenvalue weighted by Gasteiger charge is 2.25. The Hall–Kier alpha value is -3.71. The molecule has 1 unspecified atom stereocenters. The molecule has 0 radical (unpaired) electrons. The first-order chi connectivity index (χ1) is 19.9. The third kappa shape index (κ3) is 8.40. The van der Waals surface area contributed by atoms with Gasteiger partial charge in [-0.05, 0) is 79.7 Å². The molecule has 0 saturated heterocycles. The van der Waals surface area contributed by atoms with Crippen LogP contribution >= 0.6 is 0 Å². The van der Waals surface area contributed by atoms with Crippen molar-refractivity contribution in [3.05, 3.63) is 87.4 Å². The van der Waals surface area contributed by atoms with Crippen molar-refractivity contribution in [2.45, 2.75) is 71.9 Å². The number of carbonyl (C=O) groups excluding carboxylic acids is 1. The molecule has 1 N–H and O–H groups in total. The lowest BCUT2D eigenvalue weighted by Gasteiger charge is -2.20. The van der Waals surface area contributed by atoms with Crippen LogP contribution in [0.3, 0.4) is 0 Å². The van der Waals surface area contributed by atoms with Gasteiger partial charge in [-0.1, -0.05) is 50.6 Å². The molecule has 2 aromatic rings. The highest BCUT2D eigenvalue weighted by molar-refractivity contribution is 5.97. The molecule has 41 heavy (non-hydrogen) atoms. The van der Waals surface area contributed by atoms with Gasteiger partial charge < -0.3 is 10.1 Å². The molecule has 1 aliphatic heterocycles. The molecule has 4 rings (SSSR count). The van der Waals surface area contributed by atoms with Crippen LogP contribution in [0.25, 0.3) is 23.5 Å². The van der Waals surface area contributed by atoms with E-state index >= 15 is 0 Å². The zero-order chi connectivity index (χ0) is 29.2. The van der Waals surface area contributed by atoms with E-state index in [1.807, 2.05) is 50.4 Å². The molecule has 1 aliphatic carbocycles. The molecular formula is C34H41FN4O2. The van der Waals surface area contributed by atoms with Crippen LogP contribution in [0.1, 0.15) is 71.4 Å². The van der Waals surface area contributed by atoms with Crippen molar-refractivity contribution < 1.29 is 13.9 Å². The summed E-state index contributed by atoms with van der Waals surface area (Å²) in [6, 6.07) is 4.02. The van der Waals surface area contributed by atoms with Gasteiger partial charge in [0.25, 0.3) is 5.91 Å². The van der Waals surface area contributed by atoms with Gasteiger partial charge in [-0.15, -0.1) is 0 Å². The number of rotatable bonds is 11. The molecule has 1 amide bonds. The van der Waals surface area contributed by atoms with Crippen LogP contribution in [-0.4, -0.2) is 46.8 Å². The van der Waals surface area contributed by atoms with Gasteiger partial charge in [0.1, 0.15) is 11.9 Å². The predicted octanol–water partition coefficient (Wildman–Crippen LogP) is 5.42. The van der Waals surface area contributed by atoms with Gasteiger partial charge in [0.05, 0.1) is 36.1 Å². The SMILES string of the molecule is C/C=c1/ccc(-c2cncc(C3CC3)n2)n/c1=C/C(=C/CC)CNC(=O)C(=CC1=C(C)COCC1F)/C=C/CCC. The number of halogens is 1. The number of hydrogen-bond donors (Lipinski definition) is 1. The van der Waals surface area contributed by atoms with Crippen LogP contribution in [0.2, 0.25) is 0 Å². The number of ether oxygens (including phenoxy) is 1. The van der Waals surface area contributed by atoms with Crippen molar-refractivity contribution in [3.63, 3.8) is 0 Å². The lowest BCUT2D eigenvalue weighted by atomic mass is 9.99. The van der Waals surface area contributed by atoms with Crippen molar-refractivity contribution in [2.24, 2.45) is 0 Å². The molecule has 0 bridgehead atoms. The Morgan fingerprint density at radius 3 is 2.71 bits per heavy atom. The monoisotopic (exact) mass is 556 g/mol. The second-order valence-electron chi connectivity index (χ2n) is 10.6. The Kier molecular flexibility index (Phi) is 10.9. The number of hydrogen-bond acceptors (Lipinski definition) is 5. The van der Waals surface area contributed by atoms with Crippen LogP contribution < -0.4 is 15.9 Å². The molecule has 1 fully saturated rings. The minimum atomic E-state index is -1.24. The first kappa shape index (κ1) is 30.3. The third-order valence-electron chi connectivity index (χ3n) is 7.16. The summed E-state index contributed by atoms with van der Waals surface area (Å²) in [5, 5.41) is 4.85. The minimum Gasteiger partial charge on any atom is -0.374 e. The summed E-state index contributed by atoms with van der Waals surface area (Å²) in [5.41, 5.74) is 5.26. The summed E-state index contributed by atoms with van der Waals surface area (Å²) >= 11 is 0. The molecule has 6 nitrogen and oxygen atoms in total. The summed E-state index contributed by atoms with van der Waals surface area (Å²) in [7, 11) is 0. The van der Waals surface area contributed by atoms with Gasteiger partial charge in [-0.25, -0.2) is 14.4 Å².